The van der Waals surface area contributed by atoms with Gasteiger partial charge in [0.2, 0.25) is 0 Å². The van der Waals surface area contributed by atoms with Crippen molar-refractivity contribution in [1.29, 1.82) is 0 Å². The van der Waals surface area contributed by atoms with Crippen molar-refractivity contribution in [2.75, 3.05) is 18.4 Å². The minimum Gasteiger partial charge on any atom is -0.323 e. The second kappa shape index (κ2) is 8.23. The number of aldehydes is 1. The van der Waals surface area contributed by atoms with Crippen molar-refractivity contribution in [3.05, 3.63) is 74.7 Å². The number of rotatable bonds is 4. The second-order valence-corrected chi connectivity index (χ2v) is 8.94. The SMILES string of the molecule is Cc1ccc([C@]2(c3ncns3)CCN(C(=O)Nc3cc(Br)ccc3C=O)C2)cc1F. The van der Waals surface area contributed by atoms with Crippen LogP contribution in [0.3, 0.4) is 0 Å². The van der Waals surface area contributed by atoms with E-state index in [1.807, 2.05) is 6.07 Å². The van der Waals surface area contributed by atoms with Crippen molar-refractivity contribution in [3.8, 4) is 0 Å². The number of urea groups is 1. The Bertz CT molecular complexity index is 1110. The number of nitrogens with one attached hydrogen (secondary N) is 1. The van der Waals surface area contributed by atoms with Crippen LogP contribution in [0, 0.1) is 12.7 Å². The van der Waals surface area contributed by atoms with Crippen molar-refractivity contribution in [3.63, 3.8) is 0 Å². The Hall–Kier alpha value is -2.65. The maximum atomic E-state index is 14.3. The maximum Gasteiger partial charge on any atom is 0.321 e. The number of likely N-dealkylation sites (tertiary alicyclic amines) is 1. The number of aromatic nitrogens is 2. The molecule has 0 aliphatic carbocycles. The second-order valence-electron chi connectivity index (χ2n) is 7.24. The van der Waals surface area contributed by atoms with Gasteiger partial charge in [0, 0.05) is 23.1 Å². The fraction of sp³-hybridized carbons (Fsp3) is 0.238. The summed E-state index contributed by atoms with van der Waals surface area (Å²) >= 11 is 4.61. The summed E-state index contributed by atoms with van der Waals surface area (Å²) in [5.41, 5.74) is 1.53. The topological polar surface area (TPSA) is 75.2 Å². The highest BCUT2D eigenvalue weighted by molar-refractivity contribution is 9.10. The van der Waals surface area contributed by atoms with Gasteiger partial charge in [-0.25, -0.2) is 14.2 Å². The van der Waals surface area contributed by atoms with Gasteiger partial charge in [-0.2, -0.15) is 4.37 Å². The minimum atomic E-state index is -0.627. The third-order valence-corrected chi connectivity index (χ3v) is 6.80. The van der Waals surface area contributed by atoms with E-state index in [0.717, 1.165) is 15.0 Å². The average molecular weight is 489 g/mol. The Morgan fingerprint density at radius 3 is 2.87 bits per heavy atom. The third kappa shape index (κ3) is 3.75. The van der Waals surface area contributed by atoms with E-state index >= 15 is 0 Å². The molecule has 1 N–H and O–H groups in total. The molecule has 4 rings (SSSR count). The molecule has 1 aromatic heterocycles. The fourth-order valence-corrected chi connectivity index (χ4v) is 4.83. The predicted molar refractivity (Wildman–Crippen MR) is 117 cm³/mol. The lowest BCUT2D eigenvalue weighted by atomic mass is 9.80. The van der Waals surface area contributed by atoms with Crippen LogP contribution in [0.15, 0.2) is 47.2 Å². The number of benzene rings is 2. The van der Waals surface area contributed by atoms with Crippen LogP contribution in [-0.4, -0.2) is 39.7 Å². The van der Waals surface area contributed by atoms with Gasteiger partial charge in [0.05, 0.1) is 11.1 Å². The lowest BCUT2D eigenvalue weighted by molar-refractivity contribution is 0.112. The summed E-state index contributed by atoms with van der Waals surface area (Å²) < 4.78 is 19.2. The van der Waals surface area contributed by atoms with Gasteiger partial charge in [-0.15, -0.1) is 0 Å². The number of hydrogen-bond donors (Lipinski definition) is 1. The van der Waals surface area contributed by atoms with Crippen LogP contribution in [0.1, 0.15) is 32.9 Å². The van der Waals surface area contributed by atoms with Crippen molar-refractivity contribution in [1.82, 2.24) is 14.3 Å². The van der Waals surface area contributed by atoms with Gasteiger partial charge in [-0.3, -0.25) is 4.79 Å². The highest BCUT2D eigenvalue weighted by Crippen LogP contribution is 2.42. The molecule has 30 heavy (non-hydrogen) atoms. The summed E-state index contributed by atoms with van der Waals surface area (Å²) in [4.78, 5) is 30.3. The molecule has 0 bridgehead atoms. The van der Waals surface area contributed by atoms with E-state index in [2.05, 4.69) is 30.6 Å². The molecule has 154 valence electrons. The summed E-state index contributed by atoms with van der Waals surface area (Å²) in [6.45, 7) is 2.51. The molecule has 0 unspecified atom stereocenters. The first-order valence-electron chi connectivity index (χ1n) is 9.27. The van der Waals surface area contributed by atoms with Gasteiger partial charge in [0.25, 0.3) is 0 Å². The molecule has 2 amide bonds. The maximum absolute atomic E-state index is 14.3. The summed E-state index contributed by atoms with van der Waals surface area (Å²) in [5, 5.41) is 3.57. The monoisotopic (exact) mass is 488 g/mol. The number of aryl methyl sites for hydroxylation is 1. The zero-order valence-electron chi connectivity index (χ0n) is 16.1. The summed E-state index contributed by atoms with van der Waals surface area (Å²) in [6.07, 6.45) is 2.77. The molecule has 0 spiro atoms. The number of carbonyl (C=O) groups is 2. The van der Waals surface area contributed by atoms with Crippen LogP contribution in [0.25, 0.3) is 0 Å². The Morgan fingerprint density at radius 2 is 2.17 bits per heavy atom. The lowest BCUT2D eigenvalue weighted by Crippen LogP contribution is -2.37. The number of halogens is 2. The van der Waals surface area contributed by atoms with Gasteiger partial charge in [0.1, 0.15) is 17.2 Å². The van der Waals surface area contributed by atoms with Crippen LogP contribution in [0.2, 0.25) is 0 Å². The van der Waals surface area contributed by atoms with Crippen LogP contribution in [0.5, 0.6) is 0 Å². The first kappa shape index (κ1) is 20.6. The Kier molecular flexibility index (Phi) is 5.66. The number of carbonyl (C=O) groups excluding carboxylic acids is 2. The van der Waals surface area contributed by atoms with Gasteiger partial charge in [-0.1, -0.05) is 28.1 Å². The van der Waals surface area contributed by atoms with Gasteiger partial charge < -0.3 is 10.2 Å². The zero-order valence-corrected chi connectivity index (χ0v) is 18.5. The first-order chi connectivity index (χ1) is 14.4. The molecule has 6 nitrogen and oxygen atoms in total. The van der Waals surface area contributed by atoms with Crippen molar-refractivity contribution in [2.24, 2.45) is 0 Å². The molecule has 0 saturated carbocycles. The molecule has 1 atom stereocenters. The molecule has 2 aromatic carbocycles. The summed E-state index contributed by atoms with van der Waals surface area (Å²) in [6, 6.07) is 9.89. The normalized spacial score (nSPS) is 18.4. The molecule has 1 aliphatic rings. The number of anilines is 1. The zero-order chi connectivity index (χ0) is 21.3. The van der Waals surface area contributed by atoms with E-state index < -0.39 is 5.41 Å². The Morgan fingerprint density at radius 1 is 1.33 bits per heavy atom. The predicted octanol–water partition coefficient (Wildman–Crippen LogP) is 4.78. The van der Waals surface area contributed by atoms with E-state index in [1.165, 1.54) is 23.9 Å². The standard InChI is InChI=1S/C21H18BrFN4O2S/c1-13-2-4-15(8-17(13)23)21(19-24-12-25-30-19)6-7-27(11-21)20(29)26-18-9-16(22)5-3-14(18)10-28/h2-5,8-10,12H,6-7,11H2,1H3,(H,26,29)/t21-/m0/s1. The smallest absolute Gasteiger partial charge is 0.321 e. The number of hydrogen-bond acceptors (Lipinski definition) is 5. The average Bonchev–Trinajstić information content (AvgIpc) is 3.41. The fourth-order valence-electron chi connectivity index (χ4n) is 3.73. The lowest BCUT2D eigenvalue weighted by Gasteiger charge is -2.28. The van der Waals surface area contributed by atoms with Gasteiger partial charge >= 0.3 is 6.03 Å². The van der Waals surface area contributed by atoms with E-state index in [1.54, 1.807) is 36.1 Å². The Balaban J connectivity index is 1.64. The van der Waals surface area contributed by atoms with Crippen molar-refractivity contribution in [2.45, 2.75) is 18.8 Å². The van der Waals surface area contributed by atoms with Crippen LogP contribution < -0.4 is 5.32 Å². The molecule has 2 heterocycles. The van der Waals surface area contributed by atoms with Crippen LogP contribution in [-0.2, 0) is 5.41 Å². The van der Waals surface area contributed by atoms with Gasteiger partial charge in [-0.05, 0) is 60.3 Å². The third-order valence-electron chi connectivity index (χ3n) is 5.44. The van der Waals surface area contributed by atoms with Crippen LogP contribution >= 0.6 is 27.5 Å². The molecule has 0 radical (unpaired) electrons. The summed E-state index contributed by atoms with van der Waals surface area (Å²) in [7, 11) is 0. The minimum absolute atomic E-state index is 0.288. The van der Waals surface area contributed by atoms with Crippen molar-refractivity contribution < 1.29 is 14.0 Å². The number of amides is 2. The quantitative estimate of drug-likeness (QED) is 0.536. The van der Waals surface area contributed by atoms with E-state index in [4.69, 9.17) is 0 Å². The molecule has 1 aliphatic heterocycles. The molecular formula is C21H18BrFN4O2S. The summed E-state index contributed by atoms with van der Waals surface area (Å²) in [5.74, 6) is -0.288. The van der Waals surface area contributed by atoms with Crippen molar-refractivity contribution >= 4 is 45.5 Å². The van der Waals surface area contributed by atoms with E-state index in [9.17, 15) is 14.0 Å². The first-order valence-corrected chi connectivity index (χ1v) is 10.8. The van der Waals surface area contributed by atoms with Crippen LogP contribution in [0.4, 0.5) is 14.9 Å². The largest absolute Gasteiger partial charge is 0.323 e. The number of nitrogens with zero attached hydrogens (tertiary/aromatic N) is 3. The molecule has 9 heteroatoms. The highest BCUT2D eigenvalue weighted by atomic mass is 79.9. The molecular weight excluding hydrogens is 471 g/mol. The van der Waals surface area contributed by atoms with E-state index in [-0.39, 0.29) is 11.8 Å². The molecule has 1 fully saturated rings. The highest BCUT2D eigenvalue weighted by Gasteiger charge is 2.45. The van der Waals surface area contributed by atoms with E-state index in [0.29, 0.717) is 42.6 Å². The molecule has 3 aromatic rings. The molecule has 1 saturated heterocycles. The Labute approximate surface area is 185 Å². The van der Waals surface area contributed by atoms with Gasteiger partial charge in [0.15, 0.2) is 6.29 Å².